The molecule has 0 saturated carbocycles. The maximum atomic E-state index is 12.5. The molecule has 24 heavy (non-hydrogen) atoms. The fraction of sp³-hybridized carbons (Fsp3) is 0.0500. The summed E-state index contributed by atoms with van der Waals surface area (Å²) < 4.78 is 0. The van der Waals surface area contributed by atoms with Gasteiger partial charge in [0.15, 0.2) is 0 Å². The monoisotopic (exact) mass is 318 g/mol. The van der Waals surface area contributed by atoms with Crippen molar-refractivity contribution < 1.29 is 9.90 Å². The predicted octanol–water partition coefficient (Wildman–Crippen LogP) is 4.07. The highest BCUT2D eigenvalue weighted by Crippen LogP contribution is 2.22. The lowest BCUT2D eigenvalue weighted by Gasteiger charge is -2.12. The van der Waals surface area contributed by atoms with Crippen LogP contribution in [-0.4, -0.2) is 11.0 Å². The van der Waals surface area contributed by atoms with E-state index in [1.54, 1.807) is 30.3 Å². The molecule has 3 N–H and O–H groups in total. The van der Waals surface area contributed by atoms with Gasteiger partial charge < -0.3 is 15.7 Å². The van der Waals surface area contributed by atoms with Gasteiger partial charge in [-0.2, -0.15) is 0 Å². The summed E-state index contributed by atoms with van der Waals surface area (Å²) in [7, 11) is 0. The number of aromatic hydroxyl groups is 1. The Labute approximate surface area is 140 Å². The third-order valence-electron chi connectivity index (χ3n) is 3.61. The maximum absolute atomic E-state index is 12.5. The number of benzene rings is 3. The lowest BCUT2D eigenvalue weighted by atomic mass is 10.1. The van der Waals surface area contributed by atoms with Crippen LogP contribution in [0, 0.1) is 0 Å². The molecule has 0 saturated heterocycles. The molecule has 0 bridgehead atoms. The molecule has 4 nitrogen and oxygen atoms in total. The van der Waals surface area contributed by atoms with Crippen LogP contribution < -0.4 is 10.6 Å². The smallest absolute Gasteiger partial charge is 0.253 e. The molecule has 0 unspecified atom stereocenters. The number of para-hydroxylation sites is 1. The second-order valence-electron chi connectivity index (χ2n) is 5.39. The van der Waals surface area contributed by atoms with Gasteiger partial charge in [0.05, 0.1) is 11.3 Å². The van der Waals surface area contributed by atoms with Crippen LogP contribution in [0.4, 0.5) is 11.4 Å². The number of carbonyl (C=O) groups excluding carboxylic acids is 1. The molecule has 120 valence electrons. The summed E-state index contributed by atoms with van der Waals surface area (Å²) in [6, 6.07) is 23.8. The van der Waals surface area contributed by atoms with Gasteiger partial charge in [-0.05, 0) is 42.0 Å². The summed E-state index contributed by atoms with van der Waals surface area (Å²) in [6.07, 6.45) is 0. The Kier molecular flexibility index (Phi) is 4.77. The van der Waals surface area contributed by atoms with Crippen molar-refractivity contribution in [3.63, 3.8) is 0 Å². The van der Waals surface area contributed by atoms with Gasteiger partial charge in [-0.25, -0.2) is 0 Å². The number of rotatable bonds is 5. The molecule has 0 aliphatic carbocycles. The van der Waals surface area contributed by atoms with Gasteiger partial charge in [0.2, 0.25) is 0 Å². The lowest BCUT2D eigenvalue weighted by molar-refractivity contribution is 0.0951. The van der Waals surface area contributed by atoms with Crippen molar-refractivity contribution in [1.82, 2.24) is 5.32 Å². The van der Waals surface area contributed by atoms with Gasteiger partial charge >= 0.3 is 0 Å². The van der Waals surface area contributed by atoms with Crippen molar-refractivity contribution in [3.8, 4) is 5.75 Å². The fourth-order valence-corrected chi connectivity index (χ4v) is 2.36. The van der Waals surface area contributed by atoms with Crippen molar-refractivity contribution in [2.75, 3.05) is 5.32 Å². The first-order chi connectivity index (χ1) is 11.7. The van der Waals surface area contributed by atoms with Crippen LogP contribution in [-0.2, 0) is 6.54 Å². The van der Waals surface area contributed by atoms with E-state index in [0.29, 0.717) is 17.8 Å². The minimum absolute atomic E-state index is 0.138. The Hall–Kier alpha value is -3.27. The zero-order chi connectivity index (χ0) is 16.8. The van der Waals surface area contributed by atoms with Crippen molar-refractivity contribution in [1.29, 1.82) is 0 Å². The number of amides is 1. The van der Waals surface area contributed by atoms with Gasteiger partial charge in [0.25, 0.3) is 5.91 Å². The Balaban J connectivity index is 1.73. The summed E-state index contributed by atoms with van der Waals surface area (Å²) in [5.41, 5.74) is 3.14. The lowest BCUT2D eigenvalue weighted by Crippen LogP contribution is -2.23. The van der Waals surface area contributed by atoms with Crippen LogP contribution in [0.1, 0.15) is 15.9 Å². The quantitative estimate of drug-likeness (QED) is 0.622. The second-order valence-corrected chi connectivity index (χ2v) is 5.39. The third-order valence-corrected chi connectivity index (χ3v) is 3.61. The Morgan fingerprint density at radius 2 is 1.50 bits per heavy atom. The molecule has 0 heterocycles. The van der Waals surface area contributed by atoms with E-state index in [0.717, 1.165) is 11.3 Å². The predicted molar refractivity (Wildman–Crippen MR) is 95.4 cm³/mol. The molecule has 4 heteroatoms. The van der Waals surface area contributed by atoms with Gasteiger partial charge in [-0.3, -0.25) is 4.79 Å². The van der Waals surface area contributed by atoms with Crippen LogP contribution in [0.15, 0.2) is 78.9 Å². The van der Waals surface area contributed by atoms with E-state index in [-0.39, 0.29) is 11.7 Å². The van der Waals surface area contributed by atoms with Gasteiger partial charge in [0, 0.05) is 12.2 Å². The number of phenolic OH excluding ortho intramolecular Hbond substituents is 1. The topological polar surface area (TPSA) is 61.4 Å². The number of carbonyl (C=O) groups is 1. The molecule has 0 atom stereocenters. The first kappa shape index (κ1) is 15.6. The summed E-state index contributed by atoms with van der Waals surface area (Å²) in [4.78, 5) is 12.5. The van der Waals surface area contributed by atoms with Crippen molar-refractivity contribution in [2.24, 2.45) is 0 Å². The molecule has 3 rings (SSSR count). The summed E-state index contributed by atoms with van der Waals surface area (Å²) in [6.45, 7) is 0.479. The molecule has 0 aromatic heterocycles. The molecule has 0 aliphatic rings. The highest BCUT2D eigenvalue weighted by Gasteiger charge is 2.10. The molecular weight excluding hydrogens is 300 g/mol. The van der Waals surface area contributed by atoms with Gasteiger partial charge in [-0.15, -0.1) is 0 Å². The SMILES string of the molecule is O=C(NCc1ccccc1)c1ccccc1Nc1ccc(O)cc1. The Morgan fingerprint density at radius 1 is 0.833 bits per heavy atom. The zero-order valence-corrected chi connectivity index (χ0v) is 13.1. The Bertz CT molecular complexity index is 815. The first-order valence-corrected chi connectivity index (χ1v) is 7.69. The molecular formula is C20H18N2O2. The van der Waals surface area contributed by atoms with E-state index in [2.05, 4.69) is 10.6 Å². The van der Waals surface area contributed by atoms with E-state index in [9.17, 15) is 9.90 Å². The molecule has 0 aliphatic heterocycles. The van der Waals surface area contributed by atoms with E-state index < -0.39 is 0 Å². The van der Waals surface area contributed by atoms with Crippen molar-refractivity contribution in [2.45, 2.75) is 6.54 Å². The molecule has 3 aromatic rings. The number of anilines is 2. The van der Waals surface area contributed by atoms with E-state index in [1.807, 2.05) is 48.5 Å². The zero-order valence-electron chi connectivity index (χ0n) is 13.1. The molecule has 1 amide bonds. The highest BCUT2D eigenvalue weighted by atomic mass is 16.3. The molecule has 0 spiro atoms. The molecule has 0 fully saturated rings. The number of phenols is 1. The van der Waals surface area contributed by atoms with E-state index in [4.69, 9.17) is 0 Å². The minimum Gasteiger partial charge on any atom is -0.508 e. The van der Waals surface area contributed by atoms with Crippen LogP contribution >= 0.6 is 0 Å². The number of hydrogen-bond acceptors (Lipinski definition) is 3. The number of nitrogens with one attached hydrogen (secondary N) is 2. The largest absolute Gasteiger partial charge is 0.508 e. The highest BCUT2D eigenvalue weighted by molar-refractivity contribution is 6.00. The van der Waals surface area contributed by atoms with Crippen molar-refractivity contribution in [3.05, 3.63) is 90.0 Å². The summed E-state index contributed by atoms with van der Waals surface area (Å²) in [5.74, 6) is 0.0650. The summed E-state index contributed by atoms with van der Waals surface area (Å²) in [5, 5.41) is 15.5. The molecule has 0 radical (unpaired) electrons. The van der Waals surface area contributed by atoms with Gasteiger partial charge in [-0.1, -0.05) is 42.5 Å². The van der Waals surface area contributed by atoms with Crippen LogP contribution in [0.25, 0.3) is 0 Å². The van der Waals surface area contributed by atoms with Crippen LogP contribution in [0.2, 0.25) is 0 Å². The van der Waals surface area contributed by atoms with Gasteiger partial charge in [0.1, 0.15) is 5.75 Å². The van der Waals surface area contributed by atoms with Crippen LogP contribution in [0.3, 0.4) is 0 Å². The third kappa shape index (κ3) is 3.93. The summed E-state index contributed by atoms with van der Waals surface area (Å²) >= 11 is 0. The average Bonchev–Trinajstić information content (AvgIpc) is 2.63. The number of hydrogen-bond donors (Lipinski definition) is 3. The fourth-order valence-electron chi connectivity index (χ4n) is 2.36. The standard InChI is InChI=1S/C20H18N2O2/c23-17-12-10-16(11-13-17)22-19-9-5-4-8-18(19)20(24)21-14-15-6-2-1-3-7-15/h1-13,22-23H,14H2,(H,21,24). The van der Waals surface area contributed by atoms with Crippen molar-refractivity contribution >= 4 is 17.3 Å². The Morgan fingerprint density at radius 3 is 2.25 bits per heavy atom. The van der Waals surface area contributed by atoms with Crippen LogP contribution in [0.5, 0.6) is 5.75 Å². The normalized spacial score (nSPS) is 10.2. The maximum Gasteiger partial charge on any atom is 0.253 e. The average molecular weight is 318 g/mol. The van der Waals surface area contributed by atoms with E-state index in [1.165, 1.54) is 0 Å². The van der Waals surface area contributed by atoms with E-state index >= 15 is 0 Å². The minimum atomic E-state index is -0.138. The first-order valence-electron chi connectivity index (χ1n) is 7.69. The second kappa shape index (κ2) is 7.33. The molecule has 3 aromatic carbocycles.